The van der Waals surface area contributed by atoms with Crippen LogP contribution < -0.4 is 5.32 Å². The van der Waals surface area contributed by atoms with Gasteiger partial charge in [-0.25, -0.2) is 0 Å². The number of halogens is 1. The van der Waals surface area contributed by atoms with Crippen molar-refractivity contribution in [1.82, 2.24) is 10.2 Å². The standard InChI is InChI=1S/C10H11ClN2O3S/c11-8-2-1-6(17-8)4-13-5-9(14)12-3-7(13)10(15)16/h1-2,7H,3-5H2,(H,12,14)(H,15,16). The van der Waals surface area contributed by atoms with Crippen molar-refractivity contribution in [2.75, 3.05) is 13.1 Å². The third-order valence-electron chi connectivity index (χ3n) is 2.55. The van der Waals surface area contributed by atoms with Gasteiger partial charge in [0.05, 0.1) is 10.9 Å². The van der Waals surface area contributed by atoms with Crippen molar-refractivity contribution in [3.8, 4) is 0 Å². The maximum absolute atomic E-state index is 11.3. The zero-order chi connectivity index (χ0) is 12.4. The molecule has 1 aromatic rings. The van der Waals surface area contributed by atoms with Crippen molar-refractivity contribution >= 4 is 34.8 Å². The van der Waals surface area contributed by atoms with E-state index in [1.165, 1.54) is 11.3 Å². The molecule has 92 valence electrons. The summed E-state index contributed by atoms with van der Waals surface area (Å²) < 4.78 is 0.660. The number of piperazine rings is 1. The molecule has 0 aromatic carbocycles. The first-order valence-corrected chi connectivity index (χ1v) is 6.23. The third kappa shape index (κ3) is 2.96. The van der Waals surface area contributed by atoms with E-state index in [9.17, 15) is 9.59 Å². The second-order valence-corrected chi connectivity index (χ2v) is 5.57. The molecular weight excluding hydrogens is 264 g/mol. The van der Waals surface area contributed by atoms with E-state index < -0.39 is 12.0 Å². The summed E-state index contributed by atoms with van der Waals surface area (Å²) in [6.45, 7) is 0.682. The lowest BCUT2D eigenvalue weighted by Crippen LogP contribution is -2.56. The predicted octanol–water partition coefficient (Wildman–Crippen LogP) is 0.786. The molecule has 1 atom stereocenters. The summed E-state index contributed by atoms with van der Waals surface area (Å²) in [7, 11) is 0. The third-order valence-corrected chi connectivity index (χ3v) is 3.77. The second kappa shape index (κ2) is 5.03. The van der Waals surface area contributed by atoms with Crippen LogP contribution in [0.4, 0.5) is 0 Å². The molecule has 0 radical (unpaired) electrons. The predicted molar refractivity (Wildman–Crippen MR) is 64.2 cm³/mol. The van der Waals surface area contributed by atoms with Gasteiger partial charge < -0.3 is 10.4 Å². The van der Waals surface area contributed by atoms with Crippen molar-refractivity contribution in [2.45, 2.75) is 12.6 Å². The van der Waals surface area contributed by atoms with Crippen LogP contribution in [-0.2, 0) is 16.1 Å². The van der Waals surface area contributed by atoms with Crippen LogP contribution in [0.15, 0.2) is 12.1 Å². The van der Waals surface area contributed by atoms with Crippen molar-refractivity contribution in [1.29, 1.82) is 0 Å². The molecule has 7 heteroatoms. The maximum atomic E-state index is 11.3. The van der Waals surface area contributed by atoms with Crippen molar-refractivity contribution < 1.29 is 14.7 Å². The fourth-order valence-electron chi connectivity index (χ4n) is 1.74. The number of carbonyl (C=O) groups is 2. The van der Waals surface area contributed by atoms with Crippen LogP contribution in [0.1, 0.15) is 4.88 Å². The van der Waals surface area contributed by atoms with Gasteiger partial charge in [0.2, 0.25) is 5.91 Å². The highest BCUT2D eigenvalue weighted by Gasteiger charge is 2.31. The molecule has 1 unspecified atom stereocenters. The number of aliphatic carboxylic acids is 1. The highest BCUT2D eigenvalue weighted by Crippen LogP contribution is 2.23. The Morgan fingerprint density at radius 2 is 2.41 bits per heavy atom. The molecule has 0 spiro atoms. The van der Waals surface area contributed by atoms with Gasteiger partial charge in [-0.05, 0) is 12.1 Å². The largest absolute Gasteiger partial charge is 0.480 e. The molecule has 2 N–H and O–H groups in total. The smallest absolute Gasteiger partial charge is 0.322 e. The summed E-state index contributed by atoms with van der Waals surface area (Å²) in [5.74, 6) is -1.07. The fourth-order valence-corrected chi connectivity index (χ4v) is 2.85. The zero-order valence-corrected chi connectivity index (χ0v) is 10.4. The Morgan fingerprint density at radius 3 is 3.00 bits per heavy atom. The Bertz CT molecular complexity index is 449. The minimum absolute atomic E-state index is 0.104. The maximum Gasteiger partial charge on any atom is 0.322 e. The van der Waals surface area contributed by atoms with E-state index in [1.54, 1.807) is 11.0 Å². The van der Waals surface area contributed by atoms with Crippen LogP contribution in [0.2, 0.25) is 4.34 Å². The molecule has 17 heavy (non-hydrogen) atoms. The molecule has 1 saturated heterocycles. The average molecular weight is 275 g/mol. The van der Waals surface area contributed by atoms with Gasteiger partial charge in [-0.1, -0.05) is 11.6 Å². The van der Waals surface area contributed by atoms with Crippen molar-refractivity contribution in [2.24, 2.45) is 0 Å². The quantitative estimate of drug-likeness (QED) is 0.855. The minimum Gasteiger partial charge on any atom is -0.480 e. The highest BCUT2D eigenvalue weighted by molar-refractivity contribution is 7.16. The van der Waals surface area contributed by atoms with E-state index >= 15 is 0 Å². The monoisotopic (exact) mass is 274 g/mol. The molecule has 5 nitrogen and oxygen atoms in total. The van der Waals surface area contributed by atoms with Gasteiger partial charge in [0.15, 0.2) is 0 Å². The number of amides is 1. The number of nitrogens with zero attached hydrogens (tertiary/aromatic N) is 1. The molecule has 0 saturated carbocycles. The Labute approximate surface area is 107 Å². The molecule has 2 rings (SSSR count). The zero-order valence-electron chi connectivity index (χ0n) is 8.85. The van der Waals surface area contributed by atoms with E-state index in [0.29, 0.717) is 10.9 Å². The first-order chi connectivity index (χ1) is 8.06. The molecule has 1 amide bonds. The number of rotatable bonds is 3. The molecule has 0 aliphatic carbocycles. The van der Waals surface area contributed by atoms with Crippen LogP contribution >= 0.6 is 22.9 Å². The number of hydrogen-bond donors (Lipinski definition) is 2. The number of nitrogens with one attached hydrogen (secondary N) is 1. The molecule has 0 bridgehead atoms. The summed E-state index contributed by atoms with van der Waals surface area (Å²) in [6.07, 6.45) is 0. The molecule has 2 heterocycles. The van der Waals surface area contributed by atoms with Gasteiger partial charge in [-0.2, -0.15) is 0 Å². The van der Waals surface area contributed by atoms with Crippen LogP contribution in [0.5, 0.6) is 0 Å². The topological polar surface area (TPSA) is 69.6 Å². The Hall–Kier alpha value is -1.11. The van der Waals surface area contributed by atoms with Gasteiger partial charge in [-0.3, -0.25) is 14.5 Å². The minimum atomic E-state index is -0.923. The number of thiophene rings is 1. The van der Waals surface area contributed by atoms with E-state index in [-0.39, 0.29) is 19.0 Å². The van der Waals surface area contributed by atoms with Gasteiger partial charge in [-0.15, -0.1) is 11.3 Å². The lowest BCUT2D eigenvalue weighted by Gasteiger charge is -2.32. The van der Waals surface area contributed by atoms with Gasteiger partial charge in [0.1, 0.15) is 6.04 Å². The molecular formula is C10H11ClN2O3S. The lowest BCUT2D eigenvalue weighted by molar-refractivity contribution is -0.146. The van der Waals surface area contributed by atoms with Crippen molar-refractivity contribution in [3.05, 3.63) is 21.3 Å². The average Bonchev–Trinajstić information content (AvgIpc) is 2.63. The fraction of sp³-hybridized carbons (Fsp3) is 0.400. The second-order valence-electron chi connectivity index (χ2n) is 3.77. The summed E-state index contributed by atoms with van der Waals surface area (Å²) >= 11 is 7.21. The number of carboxylic acid groups (broad SMARTS) is 1. The molecule has 1 fully saturated rings. The van der Waals surface area contributed by atoms with Crippen LogP contribution in [0.25, 0.3) is 0 Å². The lowest BCUT2D eigenvalue weighted by atomic mass is 10.2. The van der Waals surface area contributed by atoms with Crippen LogP contribution in [0.3, 0.4) is 0 Å². The first kappa shape index (κ1) is 12.3. The van der Waals surface area contributed by atoms with Gasteiger partial charge in [0.25, 0.3) is 0 Å². The summed E-state index contributed by atoms with van der Waals surface area (Å²) in [6, 6.07) is 2.94. The Kier molecular flexibility index (Phi) is 3.66. The first-order valence-electron chi connectivity index (χ1n) is 5.04. The van der Waals surface area contributed by atoms with Crippen LogP contribution in [-0.4, -0.2) is 41.0 Å². The molecule has 1 aliphatic heterocycles. The summed E-state index contributed by atoms with van der Waals surface area (Å²) in [5.41, 5.74) is 0. The molecule has 1 aromatic heterocycles. The van der Waals surface area contributed by atoms with Gasteiger partial charge in [0, 0.05) is 18.0 Å². The Balaban J connectivity index is 2.09. The number of hydrogen-bond acceptors (Lipinski definition) is 4. The SMILES string of the molecule is O=C1CN(Cc2ccc(Cl)s2)C(C(=O)O)CN1. The molecule has 1 aliphatic rings. The van der Waals surface area contributed by atoms with E-state index in [2.05, 4.69) is 5.32 Å². The highest BCUT2D eigenvalue weighted by atomic mass is 35.5. The normalized spacial score (nSPS) is 21.2. The van der Waals surface area contributed by atoms with E-state index in [0.717, 1.165) is 4.88 Å². The van der Waals surface area contributed by atoms with Crippen molar-refractivity contribution in [3.63, 3.8) is 0 Å². The van der Waals surface area contributed by atoms with Crippen LogP contribution in [0, 0.1) is 0 Å². The summed E-state index contributed by atoms with van der Waals surface area (Å²) in [5, 5.41) is 11.6. The van der Waals surface area contributed by atoms with E-state index in [1.807, 2.05) is 6.07 Å². The number of carbonyl (C=O) groups excluding carboxylic acids is 1. The Morgan fingerprint density at radius 1 is 1.65 bits per heavy atom. The summed E-state index contributed by atoms with van der Waals surface area (Å²) in [4.78, 5) is 24.9. The van der Waals surface area contributed by atoms with Gasteiger partial charge >= 0.3 is 5.97 Å². The van der Waals surface area contributed by atoms with E-state index in [4.69, 9.17) is 16.7 Å². The number of carboxylic acids is 1.